The lowest BCUT2D eigenvalue weighted by Gasteiger charge is -2.47. The first kappa shape index (κ1) is 28.4. The summed E-state index contributed by atoms with van der Waals surface area (Å²) < 4.78 is 73.7. The minimum atomic E-state index is -4.65. The highest BCUT2D eigenvalue weighted by molar-refractivity contribution is 6.33. The van der Waals surface area contributed by atoms with Gasteiger partial charge in [0, 0.05) is 23.3 Å². The third-order valence-electron chi connectivity index (χ3n) is 6.73. The van der Waals surface area contributed by atoms with Crippen LogP contribution in [0.4, 0.5) is 27.6 Å². The molecule has 0 aliphatic heterocycles. The Morgan fingerprint density at radius 2 is 1.89 bits per heavy atom. The topological polar surface area (TPSA) is 55.4 Å². The zero-order valence-corrected chi connectivity index (χ0v) is 21.1. The molecule has 1 N–H and O–H groups in total. The van der Waals surface area contributed by atoms with Crippen molar-refractivity contribution in [2.45, 2.75) is 57.0 Å². The van der Waals surface area contributed by atoms with E-state index in [1.165, 1.54) is 30.4 Å². The van der Waals surface area contributed by atoms with Gasteiger partial charge in [0.15, 0.2) is 0 Å². The van der Waals surface area contributed by atoms with Gasteiger partial charge in [-0.2, -0.15) is 13.2 Å². The van der Waals surface area contributed by atoms with Gasteiger partial charge in [0.2, 0.25) is 11.8 Å². The molecule has 1 unspecified atom stereocenters. The van der Waals surface area contributed by atoms with E-state index in [2.05, 4.69) is 5.32 Å². The van der Waals surface area contributed by atoms with Crippen molar-refractivity contribution in [1.29, 1.82) is 0 Å². The van der Waals surface area contributed by atoms with E-state index in [0.717, 1.165) is 6.92 Å². The number of rotatable bonds is 8. The molecule has 0 saturated heterocycles. The zero-order valence-electron chi connectivity index (χ0n) is 19.6. The second-order valence-electron chi connectivity index (χ2n) is 9.36. The van der Waals surface area contributed by atoms with Crippen LogP contribution in [-0.2, 0) is 19.7 Å². The quantitative estimate of drug-likeness (QED) is 0.269. The lowest BCUT2D eigenvalue weighted by atomic mass is 9.60. The van der Waals surface area contributed by atoms with E-state index in [-0.39, 0.29) is 30.2 Å². The molecular formula is C25H26Cl2F5NO3. The van der Waals surface area contributed by atoms with Crippen LogP contribution in [0.1, 0.15) is 45.1 Å². The van der Waals surface area contributed by atoms with Crippen molar-refractivity contribution in [3.8, 4) is 0 Å². The number of nitrogens with one attached hydrogen (secondary N) is 1. The molecule has 2 aliphatic carbocycles. The summed E-state index contributed by atoms with van der Waals surface area (Å²) in [6, 6.07) is 4.18. The van der Waals surface area contributed by atoms with Crippen LogP contribution in [0.3, 0.4) is 0 Å². The lowest BCUT2D eigenvalue weighted by Crippen LogP contribution is -2.50. The number of carbonyl (C=O) groups is 2. The Balaban J connectivity index is 1.91. The fraction of sp³-hybridized carbons (Fsp3) is 0.520. The monoisotopic (exact) mass is 553 g/mol. The number of anilines is 1. The summed E-state index contributed by atoms with van der Waals surface area (Å²) in [6.07, 6.45) is -1.57. The van der Waals surface area contributed by atoms with E-state index < -0.39 is 60.0 Å². The molecule has 1 saturated carbocycles. The number of allylic oxidation sites excluding steroid dienone is 4. The lowest BCUT2D eigenvalue weighted by molar-refractivity contribution is -0.188. The summed E-state index contributed by atoms with van der Waals surface area (Å²) in [6.45, 7) is 2.61. The Bertz CT molecular complexity index is 1060. The van der Waals surface area contributed by atoms with Gasteiger partial charge in [-0.05, 0) is 43.0 Å². The third kappa shape index (κ3) is 6.40. The molecule has 198 valence electrons. The van der Waals surface area contributed by atoms with Gasteiger partial charge in [-0.3, -0.25) is 9.59 Å². The van der Waals surface area contributed by atoms with E-state index in [4.69, 9.17) is 27.9 Å². The van der Waals surface area contributed by atoms with Gasteiger partial charge in [-0.15, -0.1) is 0 Å². The molecule has 0 aromatic heterocycles. The van der Waals surface area contributed by atoms with E-state index in [1.54, 1.807) is 13.0 Å². The van der Waals surface area contributed by atoms with E-state index in [0.29, 0.717) is 10.6 Å². The van der Waals surface area contributed by atoms with Crippen molar-refractivity contribution in [2.24, 2.45) is 17.8 Å². The van der Waals surface area contributed by atoms with Crippen LogP contribution in [0.5, 0.6) is 0 Å². The number of halogens is 7. The highest BCUT2D eigenvalue weighted by atomic mass is 35.5. The number of amides is 1. The summed E-state index contributed by atoms with van der Waals surface area (Å²) in [7, 11) is 0. The maximum Gasteiger partial charge on any atom is 0.392 e. The second kappa shape index (κ2) is 10.7. The molecule has 1 amide bonds. The van der Waals surface area contributed by atoms with Crippen molar-refractivity contribution >= 4 is 40.8 Å². The number of alkyl halides is 5. The molecule has 0 spiro atoms. The van der Waals surface area contributed by atoms with Crippen molar-refractivity contribution in [3.05, 3.63) is 52.0 Å². The predicted octanol–water partition coefficient (Wildman–Crippen LogP) is 7.41. The zero-order chi connectivity index (χ0) is 26.9. The summed E-state index contributed by atoms with van der Waals surface area (Å²) in [4.78, 5) is 25.3. The second-order valence-corrected chi connectivity index (χ2v) is 10.2. The van der Waals surface area contributed by atoms with Gasteiger partial charge >= 0.3 is 12.1 Å². The van der Waals surface area contributed by atoms with Gasteiger partial charge in [-0.1, -0.05) is 48.3 Å². The summed E-state index contributed by atoms with van der Waals surface area (Å²) in [5, 5.41) is 2.85. The highest BCUT2D eigenvalue weighted by Crippen LogP contribution is 2.56. The average molecular weight is 554 g/mol. The van der Waals surface area contributed by atoms with Crippen molar-refractivity contribution in [2.75, 3.05) is 11.9 Å². The van der Waals surface area contributed by atoms with Crippen LogP contribution in [0.2, 0.25) is 5.02 Å². The maximum absolute atomic E-state index is 13.9. The number of ether oxygens (including phenoxy) is 1. The predicted molar refractivity (Wildman–Crippen MR) is 127 cm³/mol. The third-order valence-corrected chi connectivity index (χ3v) is 7.34. The highest BCUT2D eigenvalue weighted by Gasteiger charge is 2.58. The van der Waals surface area contributed by atoms with Gasteiger partial charge in [0.25, 0.3) is 0 Å². The Labute approximate surface area is 215 Å². The maximum atomic E-state index is 13.9. The minimum absolute atomic E-state index is 0.0185. The molecule has 1 aromatic rings. The van der Waals surface area contributed by atoms with Gasteiger partial charge in [-0.25, -0.2) is 8.78 Å². The normalized spacial score (nSPS) is 22.1. The summed E-state index contributed by atoms with van der Waals surface area (Å²) >= 11 is 12.1. The van der Waals surface area contributed by atoms with Crippen LogP contribution in [-0.4, -0.2) is 30.6 Å². The van der Waals surface area contributed by atoms with Crippen LogP contribution in [0.15, 0.2) is 41.5 Å². The summed E-state index contributed by atoms with van der Waals surface area (Å²) in [5.41, 5.74) is -0.953. The SMILES string of the molecule is CCOC(=O)CC1(c2ccc(Cl)c(NC(=O)[C@H](C3C=CC(Cl)=CC3)[C@@H](C)C(F)(F)F)c2)CC(F)(F)C1. The molecule has 11 heteroatoms. The molecule has 3 atom stereocenters. The Morgan fingerprint density at radius 3 is 2.42 bits per heavy atom. The molecule has 4 nitrogen and oxygen atoms in total. The van der Waals surface area contributed by atoms with Crippen LogP contribution >= 0.6 is 23.2 Å². The fourth-order valence-corrected chi connectivity index (χ4v) is 5.22. The Kier molecular flexibility index (Phi) is 8.45. The van der Waals surface area contributed by atoms with Crippen LogP contribution in [0, 0.1) is 17.8 Å². The minimum Gasteiger partial charge on any atom is -0.466 e. The number of hydrogen-bond acceptors (Lipinski definition) is 3. The molecule has 1 fully saturated rings. The fourth-order valence-electron chi connectivity index (χ4n) is 4.90. The van der Waals surface area contributed by atoms with E-state index in [1.807, 2.05) is 0 Å². The standard InChI is InChI=1S/C25H26Cl2F5NO3/c1-3-36-20(34)11-23(12-24(28,29)13-23)16-6-9-18(27)19(10-16)33-22(35)21(14(2)25(30,31)32)15-4-7-17(26)8-5-15/h4,6-10,14-15,21H,3,5,11-13H2,1-2H3,(H,33,35)/t14-,15?,21+/m1/s1. The molecule has 2 aliphatic rings. The molecule has 3 rings (SSSR count). The number of hydrogen-bond donors (Lipinski definition) is 1. The Hall–Kier alpha value is -2.13. The van der Waals surface area contributed by atoms with Gasteiger partial charge in [0.05, 0.1) is 35.6 Å². The van der Waals surface area contributed by atoms with Crippen molar-refractivity contribution < 1.29 is 36.3 Å². The molecule has 36 heavy (non-hydrogen) atoms. The van der Waals surface area contributed by atoms with Crippen LogP contribution < -0.4 is 5.32 Å². The van der Waals surface area contributed by atoms with Crippen LogP contribution in [0.25, 0.3) is 0 Å². The Morgan fingerprint density at radius 1 is 1.22 bits per heavy atom. The van der Waals surface area contributed by atoms with E-state index >= 15 is 0 Å². The van der Waals surface area contributed by atoms with E-state index in [9.17, 15) is 31.5 Å². The number of benzene rings is 1. The largest absolute Gasteiger partial charge is 0.466 e. The number of carbonyl (C=O) groups excluding carboxylic acids is 2. The molecule has 0 bridgehead atoms. The first-order valence-electron chi connectivity index (χ1n) is 11.4. The van der Waals surface area contributed by atoms with Crippen molar-refractivity contribution in [3.63, 3.8) is 0 Å². The van der Waals surface area contributed by atoms with Gasteiger partial charge < -0.3 is 10.1 Å². The molecule has 0 heterocycles. The summed E-state index contributed by atoms with van der Waals surface area (Å²) in [5.74, 6) is -8.80. The first-order chi connectivity index (χ1) is 16.7. The smallest absolute Gasteiger partial charge is 0.392 e. The van der Waals surface area contributed by atoms with Gasteiger partial charge in [0.1, 0.15) is 0 Å². The molecule has 0 radical (unpaired) electrons. The number of esters is 1. The average Bonchev–Trinajstić information content (AvgIpc) is 2.74. The molecule has 1 aromatic carbocycles. The molecular weight excluding hydrogens is 528 g/mol. The van der Waals surface area contributed by atoms with Crippen molar-refractivity contribution in [1.82, 2.24) is 0 Å². The first-order valence-corrected chi connectivity index (χ1v) is 12.2.